The number of fused-ring (bicyclic) bond motifs is 3. The lowest BCUT2D eigenvalue weighted by molar-refractivity contribution is -0.0802. The summed E-state index contributed by atoms with van der Waals surface area (Å²) < 4.78 is 0. The molecule has 0 saturated heterocycles. The molecular weight excluding hydrogens is 312 g/mol. The molecule has 1 fully saturated rings. The second-order valence-corrected chi connectivity index (χ2v) is 8.53. The normalized spacial score (nSPS) is 33.6. The lowest BCUT2D eigenvalue weighted by Gasteiger charge is -2.55. The van der Waals surface area contributed by atoms with Gasteiger partial charge in [0, 0.05) is 5.75 Å². The van der Waals surface area contributed by atoms with Gasteiger partial charge in [-0.2, -0.15) is 12.6 Å². The third-order valence-corrected chi connectivity index (χ3v) is 7.58. The van der Waals surface area contributed by atoms with Crippen LogP contribution < -0.4 is 0 Å². The van der Waals surface area contributed by atoms with Gasteiger partial charge in [-0.1, -0.05) is 44.9 Å². The van der Waals surface area contributed by atoms with E-state index in [1.807, 2.05) is 6.92 Å². The summed E-state index contributed by atoms with van der Waals surface area (Å²) >= 11 is 4.44. The topological polar surface area (TPSA) is 20.2 Å². The van der Waals surface area contributed by atoms with E-state index in [1.165, 1.54) is 50.5 Å². The molecule has 0 spiro atoms. The molecule has 134 valence electrons. The quantitative estimate of drug-likeness (QED) is 0.650. The molecule has 1 saturated carbocycles. The average molecular weight is 347 g/mol. The van der Waals surface area contributed by atoms with Crippen LogP contribution in [0.2, 0.25) is 0 Å². The Kier molecular flexibility index (Phi) is 5.66. The van der Waals surface area contributed by atoms with Crippen LogP contribution in [-0.2, 0) is 12.2 Å². The number of rotatable bonds is 5. The van der Waals surface area contributed by atoms with Gasteiger partial charge in [0.2, 0.25) is 0 Å². The fourth-order valence-electron chi connectivity index (χ4n) is 6.19. The van der Waals surface area contributed by atoms with Gasteiger partial charge in [0.25, 0.3) is 0 Å². The molecule has 1 aromatic carbocycles. The van der Waals surface area contributed by atoms with Crippen LogP contribution in [0.3, 0.4) is 0 Å². The highest BCUT2D eigenvalue weighted by Gasteiger charge is 2.51. The Morgan fingerprint density at radius 3 is 2.71 bits per heavy atom. The van der Waals surface area contributed by atoms with Gasteiger partial charge < -0.3 is 5.11 Å². The Balaban J connectivity index is 1.95. The van der Waals surface area contributed by atoms with Gasteiger partial charge >= 0.3 is 0 Å². The van der Waals surface area contributed by atoms with Crippen LogP contribution >= 0.6 is 12.6 Å². The van der Waals surface area contributed by atoms with Crippen LogP contribution in [0.4, 0.5) is 0 Å². The van der Waals surface area contributed by atoms with Crippen molar-refractivity contribution in [3.8, 4) is 0 Å². The maximum absolute atomic E-state index is 10.7. The number of aliphatic hydroxyl groups excluding tert-OH is 1. The largest absolute Gasteiger partial charge is 0.393 e. The monoisotopic (exact) mass is 346 g/mol. The summed E-state index contributed by atoms with van der Waals surface area (Å²) in [7, 11) is 0. The second kappa shape index (κ2) is 7.41. The van der Waals surface area contributed by atoms with E-state index in [9.17, 15) is 5.11 Å². The van der Waals surface area contributed by atoms with Crippen molar-refractivity contribution < 1.29 is 5.11 Å². The Hall–Kier alpha value is -0.470. The number of aliphatic hydroxyl groups is 1. The van der Waals surface area contributed by atoms with E-state index in [0.29, 0.717) is 11.8 Å². The van der Waals surface area contributed by atoms with Crippen LogP contribution in [0.1, 0.15) is 81.9 Å². The fourth-order valence-corrected chi connectivity index (χ4v) is 6.39. The predicted molar refractivity (Wildman–Crippen MR) is 106 cm³/mol. The molecule has 0 aromatic heterocycles. The molecule has 2 aliphatic rings. The van der Waals surface area contributed by atoms with Gasteiger partial charge in [0.1, 0.15) is 0 Å². The summed E-state index contributed by atoms with van der Waals surface area (Å²) in [6.07, 6.45) is 8.32. The molecule has 0 bridgehead atoms. The predicted octanol–water partition coefficient (Wildman–Crippen LogP) is 5.75. The summed E-state index contributed by atoms with van der Waals surface area (Å²) in [6.45, 7) is 6.67. The summed E-state index contributed by atoms with van der Waals surface area (Å²) in [6, 6.07) is 7.05. The molecule has 2 heteroatoms. The number of thiol groups is 1. The van der Waals surface area contributed by atoms with E-state index in [2.05, 4.69) is 44.7 Å². The van der Waals surface area contributed by atoms with E-state index in [0.717, 1.165) is 11.7 Å². The zero-order chi connectivity index (χ0) is 17.3. The Labute approximate surface area is 153 Å². The first-order valence-corrected chi connectivity index (χ1v) is 10.6. The van der Waals surface area contributed by atoms with Crippen molar-refractivity contribution in [2.24, 2.45) is 17.3 Å². The maximum atomic E-state index is 10.7. The zero-order valence-corrected chi connectivity index (χ0v) is 16.5. The van der Waals surface area contributed by atoms with Crippen LogP contribution in [0.25, 0.3) is 0 Å². The summed E-state index contributed by atoms with van der Waals surface area (Å²) in [5, 5.41) is 10.7. The molecule has 2 aliphatic carbocycles. The van der Waals surface area contributed by atoms with E-state index in [1.54, 1.807) is 11.1 Å². The molecule has 0 radical (unpaired) electrons. The van der Waals surface area contributed by atoms with Gasteiger partial charge in [-0.05, 0) is 78.9 Å². The number of aryl methyl sites for hydroxylation is 1. The molecule has 3 rings (SSSR count). The van der Waals surface area contributed by atoms with Crippen molar-refractivity contribution in [3.63, 3.8) is 0 Å². The molecule has 5 unspecified atom stereocenters. The molecule has 5 atom stereocenters. The molecular formula is C22H34OS. The number of hydrogen-bond acceptors (Lipinski definition) is 2. The van der Waals surface area contributed by atoms with Gasteiger partial charge in [-0.15, -0.1) is 0 Å². The van der Waals surface area contributed by atoms with Crippen molar-refractivity contribution in [2.75, 3.05) is 0 Å². The Bertz CT molecular complexity index is 567. The lowest BCUT2D eigenvalue weighted by atomic mass is 9.51. The van der Waals surface area contributed by atoms with E-state index >= 15 is 0 Å². The summed E-state index contributed by atoms with van der Waals surface area (Å²) in [5.41, 5.74) is 4.67. The van der Waals surface area contributed by atoms with Crippen LogP contribution in [0, 0.1) is 17.3 Å². The van der Waals surface area contributed by atoms with Crippen molar-refractivity contribution in [1.29, 1.82) is 0 Å². The number of benzene rings is 1. The van der Waals surface area contributed by atoms with E-state index in [4.69, 9.17) is 0 Å². The first kappa shape index (κ1) is 18.3. The third-order valence-electron chi connectivity index (χ3n) is 7.22. The summed E-state index contributed by atoms with van der Waals surface area (Å²) in [5.74, 6) is 2.95. The third kappa shape index (κ3) is 2.94. The van der Waals surface area contributed by atoms with Crippen molar-refractivity contribution >= 4 is 12.6 Å². The number of hydrogen-bond donors (Lipinski definition) is 2. The maximum Gasteiger partial charge on any atom is 0.0571 e. The molecule has 24 heavy (non-hydrogen) atoms. The van der Waals surface area contributed by atoms with Gasteiger partial charge in [0.05, 0.1) is 6.10 Å². The first-order chi connectivity index (χ1) is 11.6. The molecule has 1 aromatic rings. The smallest absolute Gasteiger partial charge is 0.0571 e. The van der Waals surface area contributed by atoms with Crippen molar-refractivity contribution in [2.45, 2.75) is 83.5 Å². The molecule has 1 nitrogen and oxygen atoms in total. The zero-order valence-electron chi connectivity index (χ0n) is 15.6. The minimum absolute atomic E-state index is 0.146. The minimum atomic E-state index is -0.184. The molecule has 1 N–H and O–H groups in total. The Morgan fingerprint density at radius 2 is 2.08 bits per heavy atom. The average Bonchev–Trinajstić information content (AvgIpc) is 2.60. The van der Waals surface area contributed by atoms with Crippen LogP contribution in [0.5, 0.6) is 0 Å². The highest BCUT2D eigenvalue weighted by Crippen LogP contribution is 2.58. The molecule has 0 amide bonds. The van der Waals surface area contributed by atoms with Crippen molar-refractivity contribution in [1.82, 2.24) is 0 Å². The van der Waals surface area contributed by atoms with Gasteiger partial charge in [-0.3, -0.25) is 0 Å². The highest BCUT2D eigenvalue weighted by molar-refractivity contribution is 7.79. The van der Waals surface area contributed by atoms with Gasteiger partial charge in [0.15, 0.2) is 0 Å². The van der Waals surface area contributed by atoms with Crippen LogP contribution in [0.15, 0.2) is 18.2 Å². The fraction of sp³-hybridized carbons (Fsp3) is 0.727. The second-order valence-electron chi connectivity index (χ2n) is 8.21. The van der Waals surface area contributed by atoms with Gasteiger partial charge in [-0.25, -0.2) is 0 Å². The Morgan fingerprint density at radius 1 is 1.29 bits per heavy atom. The highest BCUT2D eigenvalue weighted by atomic mass is 32.1. The van der Waals surface area contributed by atoms with Crippen LogP contribution in [-0.4, -0.2) is 11.2 Å². The van der Waals surface area contributed by atoms with Crippen molar-refractivity contribution in [3.05, 3.63) is 34.9 Å². The lowest BCUT2D eigenvalue weighted by Crippen LogP contribution is -2.49. The first-order valence-electron chi connectivity index (χ1n) is 9.98. The molecule has 0 heterocycles. The summed E-state index contributed by atoms with van der Waals surface area (Å²) in [4.78, 5) is 0. The van der Waals surface area contributed by atoms with E-state index < -0.39 is 0 Å². The van der Waals surface area contributed by atoms with E-state index in [-0.39, 0.29) is 11.5 Å². The minimum Gasteiger partial charge on any atom is -0.393 e. The SMILES string of the molecule is CCCC1(C(C)O)CCC2c3ccc(CS)cc3CCC2C1CC. The molecule has 0 aliphatic heterocycles. The standard InChI is InChI=1S/C22H34OS/c1-4-11-22(15(3)23)12-10-19-18-8-6-16(14-24)13-17(18)7-9-20(19)21(22)5-2/h6,8,13,15,19-21,23-24H,4-5,7,9-12,14H2,1-3H3.